The lowest BCUT2D eigenvalue weighted by atomic mass is 10.3. The van der Waals surface area contributed by atoms with E-state index in [1.807, 2.05) is 0 Å². The predicted molar refractivity (Wildman–Crippen MR) is 63.9 cm³/mol. The lowest BCUT2D eigenvalue weighted by molar-refractivity contribution is -0.385. The molecule has 0 saturated carbocycles. The van der Waals surface area contributed by atoms with E-state index in [2.05, 4.69) is 10.4 Å². The third-order valence-corrected chi connectivity index (χ3v) is 2.36. The van der Waals surface area contributed by atoms with Crippen molar-refractivity contribution in [3.8, 4) is 0 Å². The Bertz CT molecular complexity index is 671. The van der Waals surface area contributed by atoms with Gasteiger partial charge in [-0.05, 0) is 12.1 Å². The number of nitrogens with zero attached hydrogens (tertiary/aromatic N) is 3. The molecule has 0 saturated heterocycles. The molecule has 1 heterocycles. The first-order chi connectivity index (χ1) is 9.47. The minimum absolute atomic E-state index is 0.269. The van der Waals surface area contributed by atoms with Crippen LogP contribution in [-0.2, 0) is 11.3 Å². The third-order valence-electron chi connectivity index (χ3n) is 2.36. The minimum Gasteiger partial charge on any atom is -0.322 e. The van der Waals surface area contributed by atoms with E-state index in [1.165, 1.54) is 12.1 Å². The highest BCUT2D eigenvalue weighted by atomic mass is 19.2. The van der Waals surface area contributed by atoms with E-state index in [9.17, 15) is 23.7 Å². The average Bonchev–Trinajstić information content (AvgIpc) is 2.83. The number of carbonyl (C=O) groups excluding carboxylic acids is 1. The summed E-state index contributed by atoms with van der Waals surface area (Å²) in [6.07, 6.45) is 2.04. The standard InChI is InChI=1S/C11H8F2N4O3/c12-8-2-1-3-9(11(8)13)15-10(18)6-16-5-7(4-14-16)17(19)20/h1-5H,6H2,(H,15,18). The molecule has 0 radical (unpaired) electrons. The van der Waals surface area contributed by atoms with Gasteiger partial charge in [-0.15, -0.1) is 0 Å². The monoisotopic (exact) mass is 282 g/mol. The van der Waals surface area contributed by atoms with Crippen LogP contribution in [-0.4, -0.2) is 20.6 Å². The van der Waals surface area contributed by atoms with Crippen molar-refractivity contribution in [1.29, 1.82) is 0 Å². The molecule has 0 aliphatic carbocycles. The fraction of sp³-hybridized carbons (Fsp3) is 0.0909. The van der Waals surface area contributed by atoms with Gasteiger partial charge in [0.15, 0.2) is 11.6 Å². The van der Waals surface area contributed by atoms with Crippen LogP contribution in [0.4, 0.5) is 20.2 Å². The average molecular weight is 282 g/mol. The Morgan fingerprint density at radius 2 is 2.20 bits per heavy atom. The molecule has 0 spiro atoms. The molecule has 7 nitrogen and oxygen atoms in total. The minimum atomic E-state index is -1.17. The van der Waals surface area contributed by atoms with E-state index < -0.39 is 22.5 Å². The van der Waals surface area contributed by atoms with Crippen LogP contribution in [0.5, 0.6) is 0 Å². The van der Waals surface area contributed by atoms with E-state index in [0.29, 0.717) is 0 Å². The van der Waals surface area contributed by atoms with E-state index in [0.717, 1.165) is 23.1 Å². The smallest absolute Gasteiger partial charge is 0.307 e. The molecule has 0 unspecified atom stereocenters. The summed E-state index contributed by atoms with van der Waals surface area (Å²) in [6.45, 7) is -0.357. The van der Waals surface area contributed by atoms with Gasteiger partial charge in [0, 0.05) is 0 Å². The Labute approximate surface area is 111 Å². The van der Waals surface area contributed by atoms with Gasteiger partial charge in [-0.3, -0.25) is 19.6 Å². The summed E-state index contributed by atoms with van der Waals surface area (Å²) >= 11 is 0. The van der Waals surface area contributed by atoms with Gasteiger partial charge in [-0.2, -0.15) is 5.10 Å². The summed E-state index contributed by atoms with van der Waals surface area (Å²) in [5.74, 6) is -2.95. The largest absolute Gasteiger partial charge is 0.322 e. The van der Waals surface area contributed by atoms with E-state index >= 15 is 0 Å². The fourth-order valence-electron chi connectivity index (χ4n) is 1.47. The van der Waals surface area contributed by atoms with Crippen LogP contribution in [0.1, 0.15) is 0 Å². The molecule has 0 atom stereocenters. The Kier molecular flexibility index (Phi) is 3.69. The number of benzene rings is 1. The van der Waals surface area contributed by atoms with Gasteiger partial charge in [0.05, 0.1) is 10.6 Å². The van der Waals surface area contributed by atoms with Crippen LogP contribution >= 0.6 is 0 Å². The molecule has 2 aromatic rings. The summed E-state index contributed by atoms with van der Waals surface area (Å²) < 4.78 is 27.3. The van der Waals surface area contributed by atoms with Crippen molar-refractivity contribution in [3.05, 3.63) is 52.3 Å². The molecule has 0 aliphatic heterocycles. The molecule has 0 aliphatic rings. The summed E-state index contributed by atoms with van der Waals surface area (Å²) in [6, 6.07) is 3.36. The van der Waals surface area contributed by atoms with Gasteiger partial charge in [-0.1, -0.05) is 6.07 Å². The number of anilines is 1. The summed E-state index contributed by atoms with van der Waals surface area (Å²) in [5.41, 5.74) is -0.577. The van der Waals surface area contributed by atoms with E-state index in [1.54, 1.807) is 0 Å². The number of rotatable bonds is 4. The first kappa shape index (κ1) is 13.6. The van der Waals surface area contributed by atoms with Gasteiger partial charge in [0.2, 0.25) is 5.91 Å². The van der Waals surface area contributed by atoms with Crippen molar-refractivity contribution in [2.75, 3.05) is 5.32 Å². The second kappa shape index (κ2) is 5.43. The van der Waals surface area contributed by atoms with Gasteiger partial charge >= 0.3 is 5.69 Å². The number of amides is 1. The molecule has 104 valence electrons. The zero-order chi connectivity index (χ0) is 14.7. The zero-order valence-corrected chi connectivity index (χ0v) is 9.92. The Morgan fingerprint density at radius 3 is 2.85 bits per heavy atom. The quantitative estimate of drug-likeness (QED) is 0.682. The van der Waals surface area contributed by atoms with Gasteiger partial charge in [-0.25, -0.2) is 8.78 Å². The van der Waals surface area contributed by atoms with Gasteiger partial charge in [0.1, 0.15) is 18.9 Å². The third kappa shape index (κ3) is 2.94. The number of aromatic nitrogens is 2. The summed E-state index contributed by atoms with van der Waals surface area (Å²) in [4.78, 5) is 21.4. The molecule has 2 rings (SSSR count). The van der Waals surface area contributed by atoms with Crippen LogP contribution in [0.25, 0.3) is 0 Å². The molecular formula is C11H8F2N4O3. The SMILES string of the molecule is O=C(Cn1cc([N+](=O)[O-])cn1)Nc1cccc(F)c1F. The van der Waals surface area contributed by atoms with E-state index in [4.69, 9.17) is 0 Å². The molecule has 20 heavy (non-hydrogen) atoms. The Balaban J connectivity index is 2.05. The molecule has 1 aromatic carbocycles. The fourth-order valence-corrected chi connectivity index (χ4v) is 1.47. The molecular weight excluding hydrogens is 274 g/mol. The topological polar surface area (TPSA) is 90.1 Å². The number of halogens is 2. The van der Waals surface area contributed by atoms with Crippen molar-refractivity contribution in [1.82, 2.24) is 9.78 Å². The Morgan fingerprint density at radius 1 is 1.45 bits per heavy atom. The van der Waals surface area contributed by atoms with Crippen molar-refractivity contribution < 1.29 is 18.5 Å². The maximum atomic E-state index is 13.3. The highest BCUT2D eigenvalue weighted by Crippen LogP contribution is 2.16. The Hall–Kier alpha value is -2.84. The zero-order valence-electron chi connectivity index (χ0n) is 9.92. The van der Waals surface area contributed by atoms with Crippen LogP contribution in [0.15, 0.2) is 30.6 Å². The predicted octanol–water partition coefficient (Wildman–Crippen LogP) is 1.71. The van der Waals surface area contributed by atoms with Gasteiger partial charge in [0.25, 0.3) is 0 Å². The summed E-state index contributed by atoms with van der Waals surface area (Å²) in [7, 11) is 0. The van der Waals surface area contributed by atoms with Gasteiger partial charge < -0.3 is 5.32 Å². The lowest BCUT2D eigenvalue weighted by Crippen LogP contribution is -2.19. The number of hydrogen-bond acceptors (Lipinski definition) is 4. The van der Waals surface area contributed by atoms with Crippen LogP contribution in [0.3, 0.4) is 0 Å². The first-order valence-corrected chi connectivity index (χ1v) is 5.38. The molecule has 1 N–H and O–H groups in total. The number of carbonyl (C=O) groups is 1. The molecule has 0 fully saturated rings. The van der Waals surface area contributed by atoms with Crippen molar-refractivity contribution in [3.63, 3.8) is 0 Å². The van der Waals surface area contributed by atoms with E-state index in [-0.39, 0.29) is 17.9 Å². The second-order valence-electron chi connectivity index (χ2n) is 3.80. The van der Waals surface area contributed by atoms with Crippen LogP contribution in [0, 0.1) is 21.7 Å². The molecule has 1 aromatic heterocycles. The van der Waals surface area contributed by atoms with Crippen LogP contribution in [0.2, 0.25) is 0 Å². The van der Waals surface area contributed by atoms with Crippen molar-refractivity contribution in [2.45, 2.75) is 6.54 Å². The highest BCUT2D eigenvalue weighted by Gasteiger charge is 2.13. The number of hydrogen-bond donors (Lipinski definition) is 1. The van der Waals surface area contributed by atoms with Crippen LogP contribution < -0.4 is 5.32 Å². The normalized spacial score (nSPS) is 10.3. The molecule has 9 heteroatoms. The number of nitro groups is 1. The lowest BCUT2D eigenvalue weighted by Gasteiger charge is -2.06. The highest BCUT2D eigenvalue weighted by molar-refractivity contribution is 5.90. The molecule has 1 amide bonds. The maximum absolute atomic E-state index is 13.3. The number of nitrogens with one attached hydrogen (secondary N) is 1. The van der Waals surface area contributed by atoms with Crippen molar-refractivity contribution in [2.24, 2.45) is 0 Å². The second-order valence-corrected chi connectivity index (χ2v) is 3.80. The summed E-state index contributed by atoms with van der Waals surface area (Å²) in [5, 5.41) is 16.2. The first-order valence-electron chi connectivity index (χ1n) is 5.38. The molecule has 0 bridgehead atoms. The van der Waals surface area contributed by atoms with Crippen molar-refractivity contribution >= 4 is 17.3 Å². The maximum Gasteiger partial charge on any atom is 0.307 e.